The molecule has 1 heterocycles. The molecule has 3 amide bonds. The van der Waals surface area contributed by atoms with Gasteiger partial charge in [-0.2, -0.15) is 5.01 Å². The number of carbonyl (C=O) groups excluding carboxylic acids is 3. The normalized spacial score (nSPS) is 21.3. The number of nitro benzene ring substituents is 2. The average molecular weight is 464 g/mol. The lowest BCUT2D eigenvalue weighted by atomic mass is 9.78. The van der Waals surface area contributed by atoms with Gasteiger partial charge in [-0.15, -0.1) is 0 Å². The Morgan fingerprint density at radius 1 is 1.06 bits per heavy atom. The molecule has 174 valence electrons. The molecule has 4 rings (SSSR count). The molecule has 2 aliphatic rings. The Balaban J connectivity index is 1.79. The molecule has 1 fully saturated rings. The Labute approximate surface area is 193 Å². The molecule has 0 aromatic heterocycles. The molecule has 1 aliphatic carbocycles. The molecule has 0 saturated carbocycles. The highest BCUT2D eigenvalue weighted by atomic mass is 16.6. The van der Waals surface area contributed by atoms with E-state index in [0.717, 1.165) is 16.1 Å². The van der Waals surface area contributed by atoms with Crippen LogP contribution in [0, 0.1) is 38.0 Å². The minimum absolute atomic E-state index is 0.105. The molecular weight excluding hydrogens is 444 g/mol. The van der Waals surface area contributed by atoms with Crippen LogP contribution >= 0.6 is 0 Å². The van der Waals surface area contributed by atoms with Crippen LogP contribution < -0.4 is 0 Å². The first kappa shape index (κ1) is 22.8. The van der Waals surface area contributed by atoms with Gasteiger partial charge in [-0.05, 0) is 18.4 Å². The van der Waals surface area contributed by atoms with E-state index in [1.54, 1.807) is 6.92 Å². The molecule has 11 nitrogen and oxygen atoms in total. The van der Waals surface area contributed by atoms with Crippen LogP contribution in [0.2, 0.25) is 0 Å². The van der Waals surface area contributed by atoms with Gasteiger partial charge in [0, 0.05) is 23.8 Å². The van der Waals surface area contributed by atoms with Crippen molar-refractivity contribution in [2.24, 2.45) is 17.8 Å². The van der Waals surface area contributed by atoms with Crippen molar-refractivity contribution in [2.75, 3.05) is 0 Å². The maximum absolute atomic E-state index is 13.5. The Morgan fingerprint density at radius 2 is 1.79 bits per heavy atom. The summed E-state index contributed by atoms with van der Waals surface area (Å²) in [5, 5.41) is 24.4. The molecule has 11 heteroatoms. The first-order valence-electron chi connectivity index (χ1n) is 10.5. The highest BCUT2D eigenvalue weighted by Crippen LogP contribution is 2.40. The second-order valence-corrected chi connectivity index (χ2v) is 8.20. The fourth-order valence-electron chi connectivity index (χ4n) is 4.49. The number of para-hydroxylation sites is 1. The van der Waals surface area contributed by atoms with Gasteiger partial charge in [0.05, 0.1) is 33.8 Å². The van der Waals surface area contributed by atoms with Crippen LogP contribution in [-0.4, -0.2) is 37.6 Å². The van der Waals surface area contributed by atoms with Crippen molar-refractivity contribution < 1.29 is 24.2 Å². The summed E-state index contributed by atoms with van der Waals surface area (Å²) in [4.78, 5) is 61.6. The molecule has 0 spiro atoms. The zero-order valence-electron chi connectivity index (χ0n) is 18.1. The standard InChI is InChI=1S/C23H20N4O7/c1-14-6-4-10-18-20(14)23(30)25(22(18)29)24(13-16-7-2-3-11-19(16)27(33)34)21(28)15-8-5-9-17(12-15)26(31)32/h2-9,11-12,14,18,20H,10,13H2,1H3/t14-,18+,20+/m1/s1. The third-order valence-electron chi connectivity index (χ3n) is 6.14. The third kappa shape index (κ3) is 3.91. The van der Waals surface area contributed by atoms with Crippen LogP contribution in [0.4, 0.5) is 11.4 Å². The molecule has 34 heavy (non-hydrogen) atoms. The number of imide groups is 1. The molecule has 1 saturated heterocycles. The van der Waals surface area contributed by atoms with Crippen molar-refractivity contribution in [3.63, 3.8) is 0 Å². The van der Waals surface area contributed by atoms with Crippen molar-refractivity contribution in [3.05, 3.63) is 92.0 Å². The first-order chi connectivity index (χ1) is 16.2. The number of hydrazine groups is 1. The number of hydrogen-bond acceptors (Lipinski definition) is 7. The summed E-state index contributed by atoms with van der Waals surface area (Å²) in [5.74, 6) is -3.57. The average Bonchev–Trinajstić information content (AvgIpc) is 3.08. The Bertz CT molecular complexity index is 1240. The number of amides is 3. The van der Waals surface area contributed by atoms with E-state index in [4.69, 9.17) is 0 Å². The van der Waals surface area contributed by atoms with Crippen LogP contribution in [0.15, 0.2) is 60.7 Å². The van der Waals surface area contributed by atoms with E-state index in [9.17, 15) is 34.6 Å². The number of nitro groups is 2. The molecule has 2 aromatic carbocycles. The van der Waals surface area contributed by atoms with E-state index in [1.807, 2.05) is 12.2 Å². The van der Waals surface area contributed by atoms with Gasteiger partial charge in [-0.25, -0.2) is 5.01 Å². The third-order valence-corrected chi connectivity index (χ3v) is 6.14. The van der Waals surface area contributed by atoms with Gasteiger partial charge in [-0.1, -0.05) is 43.3 Å². The van der Waals surface area contributed by atoms with Gasteiger partial charge in [0.1, 0.15) is 0 Å². The predicted octanol–water partition coefficient (Wildman–Crippen LogP) is 3.26. The van der Waals surface area contributed by atoms with Crippen LogP contribution in [0.1, 0.15) is 29.3 Å². The van der Waals surface area contributed by atoms with Crippen LogP contribution in [0.5, 0.6) is 0 Å². The summed E-state index contributed by atoms with van der Waals surface area (Å²) in [7, 11) is 0. The van der Waals surface area contributed by atoms with E-state index in [0.29, 0.717) is 6.42 Å². The summed E-state index contributed by atoms with van der Waals surface area (Å²) < 4.78 is 0. The number of rotatable bonds is 6. The highest BCUT2D eigenvalue weighted by molar-refractivity contribution is 6.08. The summed E-state index contributed by atoms with van der Waals surface area (Å²) >= 11 is 0. The van der Waals surface area contributed by atoms with Gasteiger partial charge in [0.15, 0.2) is 0 Å². The summed E-state index contributed by atoms with van der Waals surface area (Å²) in [6.45, 7) is 1.36. The van der Waals surface area contributed by atoms with Crippen molar-refractivity contribution in [1.29, 1.82) is 0 Å². The molecule has 1 aliphatic heterocycles. The van der Waals surface area contributed by atoms with Crippen LogP contribution in [0.25, 0.3) is 0 Å². The van der Waals surface area contributed by atoms with E-state index in [1.165, 1.54) is 42.5 Å². The summed E-state index contributed by atoms with van der Waals surface area (Å²) in [6, 6.07) is 10.6. The zero-order valence-corrected chi connectivity index (χ0v) is 18.1. The SMILES string of the molecule is C[C@@H]1C=CC[C@@H]2C(=O)N(N(Cc3ccccc3[N+](=O)[O-])C(=O)c3cccc([N+](=O)[O-])c3)C(=O)[C@@H]12. The number of nitrogens with zero attached hydrogens (tertiary/aromatic N) is 4. The topological polar surface area (TPSA) is 144 Å². The number of non-ortho nitro benzene ring substituents is 1. The van der Waals surface area contributed by atoms with Gasteiger partial charge >= 0.3 is 0 Å². The fourth-order valence-corrected chi connectivity index (χ4v) is 4.49. The summed E-state index contributed by atoms with van der Waals surface area (Å²) in [5.41, 5.74) is -0.657. The lowest BCUT2D eigenvalue weighted by Crippen LogP contribution is -2.50. The van der Waals surface area contributed by atoms with E-state index >= 15 is 0 Å². The van der Waals surface area contributed by atoms with E-state index < -0.39 is 45.9 Å². The highest BCUT2D eigenvalue weighted by Gasteiger charge is 2.53. The van der Waals surface area contributed by atoms with Crippen molar-refractivity contribution in [3.8, 4) is 0 Å². The lowest BCUT2D eigenvalue weighted by molar-refractivity contribution is -0.385. The Morgan fingerprint density at radius 3 is 2.47 bits per heavy atom. The second-order valence-electron chi connectivity index (χ2n) is 8.20. The predicted molar refractivity (Wildman–Crippen MR) is 118 cm³/mol. The second kappa shape index (κ2) is 8.85. The molecule has 0 unspecified atom stereocenters. The van der Waals surface area contributed by atoms with Crippen molar-refractivity contribution >= 4 is 29.1 Å². The van der Waals surface area contributed by atoms with Gasteiger partial charge in [0.2, 0.25) is 0 Å². The van der Waals surface area contributed by atoms with E-state index in [2.05, 4.69) is 0 Å². The first-order valence-corrected chi connectivity index (χ1v) is 10.5. The minimum atomic E-state index is -0.859. The van der Waals surface area contributed by atoms with Crippen LogP contribution in [0.3, 0.4) is 0 Å². The molecule has 0 N–H and O–H groups in total. The van der Waals surface area contributed by atoms with Crippen molar-refractivity contribution in [1.82, 2.24) is 10.0 Å². The molecular formula is C23H20N4O7. The minimum Gasteiger partial charge on any atom is -0.272 e. The summed E-state index contributed by atoms with van der Waals surface area (Å²) in [6.07, 6.45) is 3.99. The number of hydrogen-bond donors (Lipinski definition) is 0. The smallest absolute Gasteiger partial charge is 0.272 e. The van der Waals surface area contributed by atoms with Gasteiger partial charge in [0.25, 0.3) is 29.1 Å². The number of fused-ring (bicyclic) bond motifs is 1. The van der Waals surface area contributed by atoms with E-state index in [-0.39, 0.29) is 28.4 Å². The number of carbonyl (C=O) groups is 3. The fraction of sp³-hybridized carbons (Fsp3) is 0.261. The lowest BCUT2D eigenvalue weighted by Gasteiger charge is -2.30. The van der Waals surface area contributed by atoms with Gasteiger partial charge in [-0.3, -0.25) is 34.6 Å². The molecule has 0 bridgehead atoms. The van der Waals surface area contributed by atoms with Crippen LogP contribution in [-0.2, 0) is 16.1 Å². The Kier molecular flexibility index (Phi) is 5.93. The zero-order chi connectivity index (χ0) is 24.6. The molecule has 3 atom stereocenters. The molecule has 0 radical (unpaired) electrons. The maximum Gasteiger partial charge on any atom is 0.274 e. The quantitative estimate of drug-likeness (QED) is 0.276. The molecule has 2 aromatic rings. The van der Waals surface area contributed by atoms with Gasteiger partial charge < -0.3 is 0 Å². The van der Waals surface area contributed by atoms with Crippen molar-refractivity contribution in [2.45, 2.75) is 19.9 Å². The Hall–Kier alpha value is -4.41. The largest absolute Gasteiger partial charge is 0.274 e. The number of benzene rings is 2. The number of allylic oxidation sites excluding steroid dienone is 2. The monoisotopic (exact) mass is 464 g/mol. The maximum atomic E-state index is 13.5.